The molecule has 0 bridgehead atoms. The molecule has 0 heterocycles. The van der Waals surface area contributed by atoms with Crippen molar-refractivity contribution in [3.8, 4) is 11.5 Å². The molecule has 0 aliphatic rings. The molecule has 0 aromatic heterocycles. The predicted molar refractivity (Wildman–Crippen MR) is 115 cm³/mol. The first kappa shape index (κ1) is 21.0. The maximum absolute atomic E-state index is 12.6. The van der Waals surface area contributed by atoms with Gasteiger partial charge in [0.25, 0.3) is 0 Å². The van der Waals surface area contributed by atoms with Crippen LogP contribution >= 0.6 is 0 Å². The van der Waals surface area contributed by atoms with E-state index in [1.807, 2.05) is 86.7 Å². The van der Waals surface area contributed by atoms with Crippen LogP contribution in [0.15, 0.2) is 97.1 Å². The van der Waals surface area contributed by atoms with E-state index >= 15 is 0 Å². The standard InChI is InChI=1S/C25H26O3/c1-3-5-7-9-19-27-23-15-11-21(12-16-23)25(26)22-13-17-24(18-14-22)28-20-10-8-6-4-2/h3-18H,19-20H2,1-2H3. The summed E-state index contributed by atoms with van der Waals surface area (Å²) < 4.78 is 11.2. The highest BCUT2D eigenvalue weighted by Gasteiger charge is 2.09. The van der Waals surface area contributed by atoms with Gasteiger partial charge in [0.05, 0.1) is 0 Å². The van der Waals surface area contributed by atoms with Crippen LogP contribution in [0.2, 0.25) is 0 Å². The van der Waals surface area contributed by atoms with E-state index in [1.54, 1.807) is 24.3 Å². The third-order valence-electron chi connectivity index (χ3n) is 3.80. The Labute approximate surface area is 167 Å². The van der Waals surface area contributed by atoms with E-state index in [9.17, 15) is 4.79 Å². The van der Waals surface area contributed by atoms with Crippen molar-refractivity contribution in [2.75, 3.05) is 13.2 Å². The zero-order valence-electron chi connectivity index (χ0n) is 16.4. The first-order valence-corrected chi connectivity index (χ1v) is 9.30. The molecule has 0 radical (unpaired) electrons. The minimum Gasteiger partial charge on any atom is -0.490 e. The Kier molecular flexibility index (Phi) is 9.09. The van der Waals surface area contributed by atoms with Crippen molar-refractivity contribution in [1.82, 2.24) is 0 Å². The summed E-state index contributed by atoms with van der Waals surface area (Å²) in [4.78, 5) is 12.6. The van der Waals surface area contributed by atoms with Crippen molar-refractivity contribution in [1.29, 1.82) is 0 Å². The number of carbonyl (C=O) groups excluding carboxylic acids is 1. The molecule has 2 rings (SSSR count). The van der Waals surface area contributed by atoms with Crippen LogP contribution in [0.25, 0.3) is 0 Å². The van der Waals surface area contributed by atoms with E-state index < -0.39 is 0 Å². The summed E-state index contributed by atoms with van der Waals surface area (Å²) in [5.41, 5.74) is 1.25. The van der Waals surface area contributed by atoms with E-state index in [0.29, 0.717) is 24.3 Å². The van der Waals surface area contributed by atoms with Gasteiger partial charge < -0.3 is 9.47 Å². The van der Waals surface area contributed by atoms with E-state index in [-0.39, 0.29) is 5.78 Å². The molecule has 28 heavy (non-hydrogen) atoms. The molecule has 2 aromatic carbocycles. The average Bonchev–Trinajstić information content (AvgIpc) is 2.74. The minimum atomic E-state index is -0.0287. The van der Waals surface area contributed by atoms with Gasteiger partial charge >= 0.3 is 0 Å². The van der Waals surface area contributed by atoms with Gasteiger partial charge in [-0.15, -0.1) is 0 Å². The normalized spacial score (nSPS) is 11.8. The lowest BCUT2D eigenvalue weighted by Crippen LogP contribution is -2.02. The smallest absolute Gasteiger partial charge is 0.193 e. The van der Waals surface area contributed by atoms with Crippen molar-refractivity contribution < 1.29 is 14.3 Å². The maximum atomic E-state index is 12.6. The molecule has 0 aliphatic heterocycles. The molecule has 3 nitrogen and oxygen atoms in total. The summed E-state index contributed by atoms with van der Waals surface area (Å²) in [6.07, 6.45) is 15.5. The van der Waals surface area contributed by atoms with Crippen LogP contribution in [0.1, 0.15) is 29.8 Å². The Morgan fingerprint density at radius 3 is 1.43 bits per heavy atom. The van der Waals surface area contributed by atoms with Crippen LogP contribution in [0.4, 0.5) is 0 Å². The lowest BCUT2D eigenvalue weighted by molar-refractivity contribution is 0.103. The monoisotopic (exact) mass is 374 g/mol. The molecule has 0 aliphatic carbocycles. The lowest BCUT2D eigenvalue weighted by Gasteiger charge is -2.06. The Morgan fingerprint density at radius 1 is 0.679 bits per heavy atom. The first-order chi connectivity index (χ1) is 13.7. The molecule has 2 aromatic rings. The molecule has 0 fully saturated rings. The lowest BCUT2D eigenvalue weighted by atomic mass is 10.0. The number of hydrogen-bond acceptors (Lipinski definition) is 3. The van der Waals surface area contributed by atoms with Gasteiger partial charge in [-0.2, -0.15) is 0 Å². The number of ketones is 1. The molecule has 0 atom stereocenters. The molecular weight excluding hydrogens is 348 g/mol. The van der Waals surface area contributed by atoms with Crippen molar-refractivity contribution in [3.05, 3.63) is 108 Å². The van der Waals surface area contributed by atoms with E-state index in [0.717, 1.165) is 11.5 Å². The molecule has 0 saturated heterocycles. The van der Waals surface area contributed by atoms with Crippen LogP contribution in [-0.2, 0) is 0 Å². The fourth-order valence-corrected chi connectivity index (χ4v) is 2.35. The molecule has 0 spiro atoms. The topological polar surface area (TPSA) is 35.5 Å². The number of ether oxygens (including phenoxy) is 2. The van der Waals surface area contributed by atoms with Gasteiger partial charge in [0.15, 0.2) is 5.78 Å². The third kappa shape index (κ3) is 7.12. The van der Waals surface area contributed by atoms with Crippen LogP contribution in [0, 0.1) is 0 Å². The van der Waals surface area contributed by atoms with Crippen LogP contribution < -0.4 is 9.47 Å². The van der Waals surface area contributed by atoms with E-state index in [2.05, 4.69) is 0 Å². The van der Waals surface area contributed by atoms with Crippen LogP contribution in [-0.4, -0.2) is 19.0 Å². The van der Waals surface area contributed by atoms with E-state index in [1.165, 1.54) is 0 Å². The second-order valence-corrected chi connectivity index (χ2v) is 5.91. The van der Waals surface area contributed by atoms with Crippen LogP contribution in [0.5, 0.6) is 11.5 Å². The number of hydrogen-bond donors (Lipinski definition) is 0. The van der Waals surface area contributed by atoms with Gasteiger partial charge in [-0.3, -0.25) is 4.79 Å². The van der Waals surface area contributed by atoms with E-state index in [4.69, 9.17) is 9.47 Å². The molecular formula is C25H26O3. The quantitative estimate of drug-likeness (QED) is 0.381. The Balaban J connectivity index is 1.90. The molecule has 0 N–H and O–H groups in total. The summed E-state index contributed by atoms with van der Waals surface area (Å²) in [7, 11) is 0. The van der Waals surface area contributed by atoms with Crippen molar-refractivity contribution in [2.45, 2.75) is 13.8 Å². The summed E-state index contributed by atoms with van der Waals surface area (Å²) in [5.74, 6) is 1.44. The SMILES string of the molecule is CC=CC=CCOc1ccc(C(=O)c2ccc(OCC=CC=CC)cc2)cc1. The fourth-order valence-electron chi connectivity index (χ4n) is 2.35. The summed E-state index contributed by atoms with van der Waals surface area (Å²) in [6, 6.07) is 14.4. The molecule has 0 amide bonds. The summed E-state index contributed by atoms with van der Waals surface area (Å²) in [6.45, 7) is 4.91. The highest BCUT2D eigenvalue weighted by molar-refractivity contribution is 6.09. The van der Waals surface area contributed by atoms with Gasteiger partial charge in [-0.1, -0.05) is 36.5 Å². The van der Waals surface area contributed by atoms with Gasteiger partial charge in [-0.05, 0) is 74.5 Å². The summed E-state index contributed by atoms with van der Waals surface area (Å²) >= 11 is 0. The van der Waals surface area contributed by atoms with Gasteiger partial charge in [-0.25, -0.2) is 0 Å². The minimum absolute atomic E-state index is 0.0287. The zero-order chi connectivity index (χ0) is 20.0. The van der Waals surface area contributed by atoms with Crippen molar-refractivity contribution >= 4 is 5.78 Å². The first-order valence-electron chi connectivity index (χ1n) is 9.30. The second-order valence-electron chi connectivity index (χ2n) is 5.91. The molecule has 0 saturated carbocycles. The molecule has 3 heteroatoms. The van der Waals surface area contributed by atoms with Gasteiger partial charge in [0.1, 0.15) is 24.7 Å². The second kappa shape index (κ2) is 12.1. The Morgan fingerprint density at radius 2 is 1.07 bits per heavy atom. The number of rotatable bonds is 10. The van der Waals surface area contributed by atoms with Crippen molar-refractivity contribution in [2.24, 2.45) is 0 Å². The van der Waals surface area contributed by atoms with Crippen LogP contribution in [0.3, 0.4) is 0 Å². The number of benzene rings is 2. The van der Waals surface area contributed by atoms with Gasteiger partial charge in [0.2, 0.25) is 0 Å². The highest BCUT2D eigenvalue weighted by Crippen LogP contribution is 2.18. The Hall–Kier alpha value is -3.33. The average molecular weight is 374 g/mol. The Bertz CT molecular complexity index is 767. The van der Waals surface area contributed by atoms with Gasteiger partial charge in [0, 0.05) is 11.1 Å². The maximum Gasteiger partial charge on any atom is 0.193 e. The number of carbonyl (C=O) groups is 1. The molecule has 0 unspecified atom stereocenters. The largest absolute Gasteiger partial charge is 0.490 e. The predicted octanol–water partition coefficient (Wildman–Crippen LogP) is 5.94. The van der Waals surface area contributed by atoms with Crippen molar-refractivity contribution in [3.63, 3.8) is 0 Å². The third-order valence-corrected chi connectivity index (χ3v) is 3.80. The zero-order valence-corrected chi connectivity index (χ0v) is 16.4. The fraction of sp³-hybridized carbons (Fsp3) is 0.160. The molecule has 144 valence electrons. The summed E-state index contributed by atoms with van der Waals surface area (Å²) in [5, 5.41) is 0. The number of allylic oxidation sites excluding steroid dienone is 6. The highest BCUT2D eigenvalue weighted by atomic mass is 16.5.